The number of unbranched alkanes of at least 4 members (excludes halogenated alkanes) is 2. The maximum atomic E-state index is 5.75. The normalized spacial score (nSPS) is 11.1. The molecule has 224 valence electrons. The zero-order chi connectivity index (χ0) is 29.6. The Hall–Kier alpha value is -3.90. The summed E-state index contributed by atoms with van der Waals surface area (Å²) in [6, 6.07) is 27.4. The van der Waals surface area contributed by atoms with E-state index in [9.17, 15) is 0 Å². The Morgan fingerprint density at radius 2 is 1.29 bits per heavy atom. The Labute approximate surface area is 251 Å². The highest BCUT2D eigenvalue weighted by Gasteiger charge is 2.13. The first-order chi connectivity index (χ1) is 20.6. The average Bonchev–Trinajstić information content (AvgIpc) is 3.55. The number of furan rings is 1. The number of hydrogen-bond donors (Lipinski definition) is 0. The smallest absolute Gasteiger partial charge is 0.121 e. The molecule has 0 unspecified atom stereocenters. The molecular weight excluding hydrogens is 524 g/mol. The predicted molar refractivity (Wildman–Crippen MR) is 171 cm³/mol. The van der Waals surface area contributed by atoms with Gasteiger partial charge in [-0.05, 0) is 97.4 Å². The van der Waals surface area contributed by atoms with Gasteiger partial charge < -0.3 is 23.5 Å². The van der Waals surface area contributed by atoms with E-state index in [2.05, 4.69) is 65.3 Å². The van der Waals surface area contributed by atoms with Crippen LogP contribution in [-0.2, 0) is 26.1 Å². The first kappa shape index (κ1) is 31.0. The lowest BCUT2D eigenvalue weighted by atomic mass is 10.1. The largest absolute Gasteiger partial charge is 0.497 e. The second kappa shape index (κ2) is 16.5. The molecule has 0 saturated heterocycles. The van der Waals surface area contributed by atoms with Crippen LogP contribution in [0.5, 0.6) is 17.2 Å². The number of anilines is 1. The minimum Gasteiger partial charge on any atom is -0.497 e. The second-order valence-electron chi connectivity index (χ2n) is 10.8. The van der Waals surface area contributed by atoms with Crippen LogP contribution in [0.4, 0.5) is 5.69 Å². The maximum Gasteiger partial charge on any atom is 0.121 e. The van der Waals surface area contributed by atoms with Crippen molar-refractivity contribution in [1.82, 2.24) is 4.90 Å². The van der Waals surface area contributed by atoms with Gasteiger partial charge in [-0.25, -0.2) is 0 Å². The Bertz CT molecular complexity index is 1300. The summed E-state index contributed by atoms with van der Waals surface area (Å²) in [7, 11) is 5.17. The maximum absolute atomic E-state index is 5.75. The molecule has 1 heterocycles. The summed E-state index contributed by atoms with van der Waals surface area (Å²) in [5.74, 6) is 3.67. The van der Waals surface area contributed by atoms with Crippen molar-refractivity contribution in [3.8, 4) is 17.2 Å². The summed E-state index contributed by atoms with van der Waals surface area (Å²) < 4.78 is 22.1. The van der Waals surface area contributed by atoms with Gasteiger partial charge in [-0.1, -0.05) is 37.6 Å². The third-order valence-electron chi connectivity index (χ3n) is 7.58. The van der Waals surface area contributed by atoms with Crippen LogP contribution in [0.15, 0.2) is 89.5 Å². The standard InChI is InChI=1S/C36H46N2O4/c1-5-6-21-38(27-30-14-18-34(40-3)19-15-30)32-23-31(24-36(25-32)41-4)10-7-8-20-37(28-35-11-9-22-42-35)26-29-12-16-33(39-2)17-13-29/h9,11-19,22-25H,5-8,10,20-21,26-28H2,1-4H3. The van der Waals surface area contributed by atoms with Crippen LogP contribution in [0.2, 0.25) is 0 Å². The van der Waals surface area contributed by atoms with Crippen LogP contribution in [0, 0.1) is 0 Å². The molecule has 0 aliphatic heterocycles. The summed E-state index contributed by atoms with van der Waals surface area (Å²) in [4.78, 5) is 4.93. The van der Waals surface area contributed by atoms with Gasteiger partial charge in [0.25, 0.3) is 0 Å². The van der Waals surface area contributed by atoms with Gasteiger partial charge in [0.05, 0.1) is 34.1 Å². The van der Waals surface area contributed by atoms with Crippen molar-refractivity contribution in [2.45, 2.75) is 58.7 Å². The molecule has 0 bridgehead atoms. The summed E-state index contributed by atoms with van der Waals surface area (Å²) in [5, 5.41) is 0. The molecule has 0 radical (unpaired) electrons. The Kier molecular flexibility index (Phi) is 12.2. The molecule has 42 heavy (non-hydrogen) atoms. The minimum atomic E-state index is 0.792. The molecule has 0 aliphatic carbocycles. The highest BCUT2D eigenvalue weighted by molar-refractivity contribution is 5.54. The van der Waals surface area contributed by atoms with Crippen LogP contribution < -0.4 is 19.1 Å². The molecule has 0 N–H and O–H groups in total. The van der Waals surface area contributed by atoms with Crippen LogP contribution in [-0.4, -0.2) is 39.3 Å². The van der Waals surface area contributed by atoms with Crippen LogP contribution >= 0.6 is 0 Å². The van der Waals surface area contributed by atoms with E-state index < -0.39 is 0 Å². The van der Waals surface area contributed by atoms with Crippen molar-refractivity contribution in [2.24, 2.45) is 0 Å². The molecule has 0 fully saturated rings. The van der Waals surface area contributed by atoms with Gasteiger partial charge in [0.2, 0.25) is 0 Å². The third-order valence-corrected chi connectivity index (χ3v) is 7.58. The molecule has 6 nitrogen and oxygen atoms in total. The molecule has 4 rings (SSSR count). The van der Waals surface area contributed by atoms with Crippen molar-refractivity contribution in [3.05, 3.63) is 108 Å². The zero-order valence-electron chi connectivity index (χ0n) is 25.7. The SMILES string of the molecule is CCCCN(Cc1ccc(OC)cc1)c1cc(CCCCN(Cc2ccc(OC)cc2)Cc2ccco2)cc(OC)c1. The number of ether oxygens (including phenoxy) is 3. The van der Waals surface area contributed by atoms with Crippen molar-refractivity contribution in [2.75, 3.05) is 39.3 Å². The minimum absolute atomic E-state index is 0.792. The molecule has 6 heteroatoms. The van der Waals surface area contributed by atoms with Gasteiger partial charge in [-0.2, -0.15) is 0 Å². The third kappa shape index (κ3) is 9.59. The van der Waals surface area contributed by atoms with Gasteiger partial charge in [-0.15, -0.1) is 0 Å². The van der Waals surface area contributed by atoms with Gasteiger partial charge in [0, 0.05) is 31.4 Å². The number of nitrogens with zero attached hydrogens (tertiary/aromatic N) is 2. The van der Waals surface area contributed by atoms with E-state index in [0.717, 1.165) is 87.8 Å². The number of hydrogen-bond acceptors (Lipinski definition) is 6. The molecule has 3 aromatic carbocycles. The lowest BCUT2D eigenvalue weighted by Crippen LogP contribution is -2.24. The highest BCUT2D eigenvalue weighted by atomic mass is 16.5. The molecule has 0 spiro atoms. The Balaban J connectivity index is 1.40. The molecule has 0 atom stereocenters. The van der Waals surface area contributed by atoms with Gasteiger partial charge in [0.1, 0.15) is 23.0 Å². The number of methoxy groups -OCH3 is 3. The monoisotopic (exact) mass is 570 g/mol. The van der Waals surface area contributed by atoms with Crippen molar-refractivity contribution in [1.29, 1.82) is 0 Å². The highest BCUT2D eigenvalue weighted by Crippen LogP contribution is 2.27. The van der Waals surface area contributed by atoms with Crippen molar-refractivity contribution < 1.29 is 18.6 Å². The molecule has 0 saturated carbocycles. The molecule has 0 amide bonds. The van der Waals surface area contributed by atoms with Crippen molar-refractivity contribution in [3.63, 3.8) is 0 Å². The van der Waals surface area contributed by atoms with E-state index >= 15 is 0 Å². The Morgan fingerprint density at radius 1 is 0.619 bits per heavy atom. The van der Waals surface area contributed by atoms with E-state index in [4.69, 9.17) is 18.6 Å². The molecular formula is C36H46N2O4. The topological polar surface area (TPSA) is 47.3 Å². The molecule has 4 aromatic rings. The van der Waals surface area contributed by atoms with E-state index in [-0.39, 0.29) is 0 Å². The summed E-state index contributed by atoms with van der Waals surface area (Å²) >= 11 is 0. The lowest BCUT2D eigenvalue weighted by Gasteiger charge is -2.26. The number of aryl methyl sites for hydroxylation is 1. The summed E-state index contributed by atoms with van der Waals surface area (Å²) in [5.41, 5.74) is 5.06. The number of benzene rings is 3. The Morgan fingerprint density at radius 3 is 1.88 bits per heavy atom. The lowest BCUT2D eigenvalue weighted by molar-refractivity contribution is 0.231. The summed E-state index contributed by atoms with van der Waals surface area (Å²) in [6.45, 7) is 6.74. The fourth-order valence-electron chi connectivity index (χ4n) is 5.18. The molecule has 0 aliphatic rings. The molecule has 1 aromatic heterocycles. The number of rotatable bonds is 18. The van der Waals surface area contributed by atoms with Gasteiger partial charge >= 0.3 is 0 Å². The van der Waals surface area contributed by atoms with Crippen LogP contribution in [0.25, 0.3) is 0 Å². The predicted octanol–water partition coefficient (Wildman–Crippen LogP) is 8.14. The fraction of sp³-hybridized carbons (Fsp3) is 0.389. The van der Waals surface area contributed by atoms with Crippen LogP contribution in [0.1, 0.15) is 55.1 Å². The first-order valence-corrected chi connectivity index (χ1v) is 15.0. The van der Waals surface area contributed by atoms with Crippen LogP contribution in [0.3, 0.4) is 0 Å². The van der Waals surface area contributed by atoms with E-state index in [0.29, 0.717) is 0 Å². The fourth-order valence-corrected chi connectivity index (χ4v) is 5.18. The first-order valence-electron chi connectivity index (χ1n) is 15.0. The second-order valence-corrected chi connectivity index (χ2v) is 10.8. The zero-order valence-corrected chi connectivity index (χ0v) is 25.7. The van der Waals surface area contributed by atoms with E-state index in [1.807, 2.05) is 30.3 Å². The van der Waals surface area contributed by atoms with Gasteiger partial charge in [0.15, 0.2) is 0 Å². The average molecular weight is 571 g/mol. The summed E-state index contributed by atoms with van der Waals surface area (Å²) in [6.07, 6.45) is 7.24. The van der Waals surface area contributed by atoms with Gasteiger partial charge in [-0.3, -0.25) is 4.90 Å². The van der Waals surface area contributed by atoms with E-state index in [1.54, 1.807) is 27.6 Å². The quantitative estimate of drug-likeness (QED) is 0.113. The van der Waals surface area contributed by atoms with E-state index in [1.165, 1.54) is 22.4 Å². The van der Waals surface area contributed by atoms with Crippen molar-refractivity contribution >= 4 is 5.69 Å².